The minimum Gasteiger partial charge on any atom is -0.454 e. The molecule has 2 amide bonds. The van der Waals surface area contributed by atoms with Crippen LogP contribution < -0.4 is 4.90 Å². The van der Waals surface area contributed by atoms with Gasteiger partial charge in [0.05, 0.1) is 4.88 Å². The smallest absolute Gasteiger partial charge is 0.270 e. The predicted molar refractivity (Wildman–Crippen MR) is 128 cm³/mol. The summed E-state index contributed by atoms with van der Waals surface area (Å²) in [7, 11) is 0. The minimum absolute atomic E-state index is 0.0998. The molecule has 0 aliphatic carbocycles. The zero-order valence-corrected chi connectivity index (χ0v) is 19.2. The van der Waals surface area contributed by atoms with Gasteiger partial charge in [-0.25, -0.2) is 4.98 Å². The number of para-hydroxylation sites is 1. The van der Waals surface area contributed by atoms with Crippen molar-refractivity contribution in [2.45, 2.75) is 25.7 Å². The number of anilines is 1. The Morgan fingerprint density at radius 3 is 2.69 bits per heavy atom. The fourth-order valence-electron chi connectivity index (χ4n) is 3.94. The first-order chi connectivity index (χ1) is 15.7. The van der Waals surface area contributed by atoms with E-state index in [-0.39, 0.29) is 18.2 Å². The van der Waals surface area contributed by atoms with E-state index in [1.165, 1.54) is 29.1 Å². The molecule has 1 fully saturated rings. The van der Waals surface area contributed by atoms with Crippen LogP contribution in [0.5, 0.6) is 0 Å². The summed E-state index contributed by atoms with van der Waals surface area (Å²) in [6.07, 6.45) is 3.57. The Morgan fingerprint density at radius 1 is 1.06 bits per heavy atom. The number of aromatic nitrogens is 1. The van der Waals surface area contributed by atoms with Gasteiger partial charge in [-0.1, -0.05) is 24.3 Å². The zero-order valence-electron chi connectivity index (χ0n) is 17.5. The van der Waals surface area contributed by atoms with Gasteiger partial charge in [0, 0.05) is 36.8 Å². The minimum atomic E-state index is -0.128. The van der Waals surface area contributed by atoms with Crippen molar-refractivity contribution in [3.63, 3.8) is 0 Å². The number of amides is 2. The number of nitrogens with zero attached hydrogens (tertiary/aromatic N) is 3. The lowest BCUT2D eigenvalue weighted by Gasteiger charge is -2.28. The molecule has 8 heteroatoms. The van der Waals surface area contributed by atoms with Crippen LogP contribution in [0.25, 0.3) is 22.4 Å². The van der Waals surface area contributed by atoms with Gasteiger partial charge in [0.1, 0.15) is 11.3 Å². The topological polar surface area (TPSA) is 66.7 Å². The van der Waals surface area contributed by atoms with Crippen LogP contribution in [-0.4, -0.2) is 41.3 Å². The number of benzene rings is 1. The summed E-state index contributed by atoms with van der Waals surface area (Å²) in [5.74, 6) is 0.640. The molecule has 0 radical (unpaired) electrons. The van der Waals surface area contributed by atoms with Crippen molar-refractivity contribution in [1.82, 2.24) is 9.88 Å². The molecule has 1 aliphatic heterocycles. The molecule has 0 unspecified atom stereocenters. The summed E-state index contributed by atoms with van der Waals surface area (Å²) in [5.41, 5.74) is 1.49. The van der Waals surface area contributed by atoms with Gasteiger partial charge in [0.15, 0.2) is 10.9 Å². The molecular weight excluding hydrogens is 442 g/mol. The molecule has 0 spiro atoms. The van der Waals surface area contributed by atoms with E-state index < -0.39 is 0 Å². The molecule has 5 rings (SSSR count). The highest BCUT2D eigenvalue weighted by atomic mass is 32.1. The third-order valence-corrected chi connectivity index (χ3v) is 7.36. The van der Waals surface area contributed by atoms with Crippen molar-refractivity contribution >= 4 is 50.6 Å². The van der Waals surface area contributed by atoms with Gasteiger partial charge in [0.2, 0.25) is 5.91 Å². The molecule has 0 bridgehead atoms. The predicted octanol–water partition coefficient (Wildman–Crippen LogP) is 5.67. The largest absolute Gasteiger partial charge is 0.454 e. The number of hydrogen-bond donors (Lipinski definition) is 0. The second-order valence-corrected chi connectivity index (χ2v) is 9.57. The first-order valence-corrected chi connectivity index (χ1v) is 12.5. The highest BCUT2D eigenvalue weighted by molar-refractivity contribution is 7.14. The third-order valence-electron chi connectivity index (χ3n) is 5.64. The van der Waals surface area contributed by atoms with Crippen LogP contribution in [0.15, 0.2) is 57.6 Å². The summed E-state index contributed by atoms with van der Waals surface area (Å²) >= 11 is 2.78. The van der Waals surface area contributed by atoms with Crippen molar-refractivity contribution in [3.05, 3.63) is 58.1 Å². The molecule has 6 nitrogen and oxygen atoms in total. The van der Waals surface area contributed by atoms with E-state index in [9.17, 15) is 9.59 Å². The van der Waals surface area contributed by atoms with Crippen LogP contribution in [0.2, 0.25) is 0 Å². The second kappa shape index (κ2) is 9.26. The summed E-state index contributed by atoms with van der Waals surface area (Å²) in [6.45, 7) is 1.93. The van der Waals surface area contributed by atoms with Crippen LogP contribution in [0.4, 0.5) is 5.13 Å². The first kappa shape index (κ1) is 20.9. The van der Waals surface area contributed by atoms with Crippen molar-refractivity contribution in [2.75, 3.05) is 24.5 Å². The van der Waals surface area contributed by atoms with Crippen LogP contribution in [0, 0.1) is 0 Å². The van der Waals surface area contributed by atoms with E-state index in [2.05, 4.69) is 0 Å². The normalized spacial score (nSPS) is 14.1. The fraction of sp³-hybridized carbons (Fsp3) is 0.292. The Morgan fingerprint density at radius 2 is 1.91 bits per heavy atom. The van der Waals surface area contributed by atoms with Crippen LogP contribution >= 0.6 is 22.7 Å². The van der Waals surface area contributed by atoms with Gasteiger partial charge in [-0.05, 0) is 42.8 Å². The highest BCUT2D eigenvalue weighted by Gasteiger charge is 2.25. The van der Waals surface area contributed by atoms with Gasteiger partial charge in [-0.3, -0.25) is 14.5 Å². The molecule has 0 atom stereocenters. The lowest BCUT2D eigenvalue weighted by molar-refractivity contribution is -0.131. The molecule has 3 aromatic heterocycles. The molecule has 1 saturated heterocycles. The molecule has 164 valence electrons. The van der Waals surface area contributed by atoms with Crippen LogP contribution in [0.1, 0.15) is 35.4 Å². The van der Waals surface area contributed by atoms with E-state index in [4.69, 9.17) is 9.40 Å². The third kappa shape index (κ3) is 4.33. The van der Waals surface area contributed by atoms with Gasteiger partial charge in [-0.2, -0.15) is 0 Å². The van der Waals surface area contributed by atoms with Gasteiger partial charge < -0.3 is 9.32 Å². The number of rotatable bonds is 6. The van der Waals surface area contributed by atoms with E-state index in [0.29, 0.717) is 28.0 Å². The number of hydrogen-bond acceptors (Lipinski definition) is 6. The molecule has 4 aromatic rings. The molecule has 4 heterocycles. The zero-order chi connectivity index (χ0) is 21.9. The maximum absolute atomic E-state index is 13.2. The van der Waals surface area contributed by atoms with E-state index in [0.717, 1.165) is 36.9 Å². The Hall–Kier alpha value is -2.97. The highest BCUT2D eigenvalue weighted by Crippen LogP contribution is 2.32. The van der Waals surface area contributed by atoms with Crippen molar-refractivity contribution < 1.29 is 14.0 Å². The molecule has 0 saturated carbocycles. The Balaban J connectivity index is 1.38. The van der Waals surface area contributed by atoms with E-state index in [1.54, 1.807) is 11.0 Å². The lowest BCUT2D eigenvalue weighted by Crippen LogP contribution is -2.39. The number of likely N-dealkylation sites (tertiary alicyclic amines) is 1. The maximum atomic E-state index is 13.2. The standard InChI is InChI=1S/C24H23N3O3S2/c28-22(26-11-4-1-5-12-26)10-13-27(23(29)21-9-6-14-31-21)24-25-18(16-32-24)20-15-17-7-2-3-8-19(17)30-20/h2-3,6-9,14-16H,1,4-5,10-13H2. The summed E-state index contributed by atoms with van der Waals surface area (Å²) in [5, 5.41) is 5.36. The average molecular weight is 466 g/mol. The number of carbonyl (C=O) groups is 2. The number of thiazole rings is 1. The summed E-state index contributed by atoms with van der Waals surface area (Å²) in [6, 6.07) is 13.4. The number of thiophene rings is 1. The molecule has 0 N–H and O–H groups in total. The number of piperidine rings is 1. The molecule has 1 aromatic carbocycles. The van der Waals surface area contributed by atoms with E-state index in [1.807, 2.05) is 52.1 Å². The van der Waals surface area contributed by atoms with Gasteiger partial charge in [-0.15, -0.1) is 22.7 Å². The van der Waals surface area contributed by atoms with Crippen LogP contribution in [-0.2, 0) is 4.79 Å². The Labute approximate surface area is 194 Å². The maximum Gasteiger partial charge on any atom is 0.270 e. The monoisotopic (exact) mass is 465 g/mol. The molecule has 32 heavy (non-hydrogen) atoms. The quantitative estimate of drug-likeness (QED) is 0.368. The number of carbonyl (C=O) groups excluding carboxylic acids is 2. The lowest BCUT2D eigenvalue weighted by atomic mass is 10.1. The second-order valence-electron chi connectivity index (χ2n) is 7.79. The molecular formula is C24H23N3O3S2. The average Bonchev–Trinajstić information content (AvgIpc) is 3.60. The molecule has 1 aliphatic rings. The Bertz CT molecular complexity index is 1190. The summed E-state index contributed by atoms with van der Waals surface area (Å²) < 4.78 is 5.94. The van der Waals surface area contributed by atoms with Crippen molar-refractivity contribution in [3.8, 4) is 11.5 Å². The van der Waals surface area contributed by atoms with Crippen molar-refractivity contribution in [1.29, 1.82) is 0 Å². The number of fused-ring (bicyclic) bond motifs is 1. The van der Waals surface area contributed by atoms with E-state index >= 15 is 0 Å². The van der Waals surface area contributed by atoms with Gasteiger partial charge >= 0.3 is 0 Å². The first-order valence-electron chi connectivity index (χ1n) is 10.8. The number of furan rings is 1. The van der Waals surface area contributed by atoms with Crippen molar-refractivity contribution in [2.24, 2.45) is 0 Å². The SMILES string of the molecule is O=C(CCN(C(=O)c1cccs1)c1nc(-c2cc3ccccc3o2)cs1)N1CCCCC1. The Kier molecular flexibility index (Phi) is 6.05. The fourth-order valence-corrected chi connectivity index (χ4v) is 5.45. The van der Waals surface area contributed by atoms with Gasteiger partial charge in [0.25, 0.3) is 5.91 Å². The summed E-state index contributed by atoms with van der Waals surface area (Å²) in [4.78, 5) is 34.9. The van der Waals surface area contributed by atoms with Crippen LogP contribution in [0.3, 0.4) is 0 Å².